The zero-order valence-corrected chi connectivity index (χ0v) is 13.1. The van der Waals surface area contributed by atoms with Gasteiger partial charge in [-0.15, -0.1) is 0 Å². The number of hydrogen-bond donors (Lipinski definition) is 1. The molecule has 5 nitrogen and oxygen atoms in total. The van der Waals surface area contributed by atoms with Crippen LogP contribution in [0, 0.1) is 13.8 Å². The monoisotopic (exact) mass is 281 g/mol. The molecule has 0 amide bonds. The lowest BCUT2D eigenvalue weighted by Gasteiger charge is -2.12. The van der Waals surface area contributed by atoms with E-state index in [9.17, 15) is 0 Å². The molecule has 2 rings (SSSR count). The highest BCUT2D eigenvalue weighted by atomic mass is 16.5. The van der Waals surface area contributed by atoms with Gasteiger partial charge in [0.15, 0.2) is 0 Å². The van der Waals surface area contributed by atoms with Crippen molar-refractivity contribution in [3.8, 4) is 0 Å². The van der Waals surface area contributed by atoms with Crippen LogP contribution in [0.5, 0.6) is 0 Å². The molecule has 0 aromatic carbocycles. The van der Waals surface area contributed by atoms with E-state index in [0.717, 1.165) is 44.8 Å². The van der Waals surface area contributed by atoms with E-state index in [4.69, 9.17) is 9.47 Å². The summed E-state index contributed by atoms with van der Waals surface area (Å²) in [4.78, 5) is 0. The van der Waals surface area contributed by atoms with Gasteiger partial charge in [0.2, 0.25) is 0 Å². The minimum atomic E-state index is 0.317. The molecule has 20 heavy (non-hydrogen) atoms. The predicted octanol–water partition coefficient (Wildman–Crippen LogP) is 1.80. The maximum atomic E-state index is 5.89. The van der Waals surface area contributed by atoms with Gasteiger partial charge in [0.25, 0.3) is 0 Å². The molecule has 2 atom stereocenters. The second-order valence-electron chi connectivity index (χ2n) is 5.65. The lowest BCUT2D eigenvalue weighted by molar-refractivity contribution is 0.0433. The summed E-state index contributed by atoms with van der Waals surface area (Å²) in [6.45, 7) is 9.69. The number of aryl methyl sites for hydroxylation is 1. The van der Waals surface area contributed by atoms with Crippen LogP contribution in [0.15, 0.2) is 0 Å². The van der Waals surface area contributed by atoms with E-state index in [1.54, 1.807) is 7.11 Å². The molecule has 5 heteroatoms. The standard InChI is InChI=1S/C15H27N3O2/c1-11-5-6-14(20-11)10-18-13(3)15(12(2)17-18)9-16-7-8-19-4/h11,14,16H,5-10H2,1-4H3. The van der Waals surface area contributed by atoms with Gasteiger partial charge in [-0.1, -0.05) is 0 Å². The number of nitrogens with one attached hydrogen (secondary N) is 1. The molecule has 1 N–H and O–H groups in total. The first-order valence-corrected chi connectivity index (χ1v) is 7.49. The third kappa shape index (κ3) is 3.81. The van der Waals surface area contributed by atoms with E-state index >= 15 is 0 Å². The lowest BCUT2D eigenvalue weighted by Crippen LogP contribution is -2.20. The Morgan fingerprint density at radius 2 is 2.20 bits per heavy atom. The Kier molecular flexibility index (Phi) is 5.57. The maximum Gasteiger partial charge on any atom is 0.0775 e. The molecule has 2 unspecified atom stereocenters. The van der Waals surface area contributed by atoms with Crippen molar-refractivity contribution >= 4 is 0 Å². The molecule has 0 aliphatic carbocycles. The smallest absolute Gasteiger partial charge is 0.0775 e. The number of nitrogens with zero attached hydrogens (tertiary/aromatic N) is 2. The molecule has 1 aromatic rings. The van der Waals surface area contributed by atoms with Gasteiger partial charge in [-0.3, -0.25) is 4.68 Å². The van der Waals surface area contributed by atoms with Crippen molar-refractivity contribution in [2.24, 2.45) is 0 Å². The van der Waals surface area contributed by atoms with Gasteiger partial charge in [0, 0.05) is 31.5 Å². The van der Waals surface area contributed by atoms with E-state index in [-0.39, 0.29) is 0 Å². The fourth-order valence-corrected chi connectivity index (χ4v) is 2.77. The largest absolute Gasteiger partial charge is 0.383 e. The van der Waals surface area contributed by atoms with E-state index in [0.29, 0.717) is 12.2 Å². The van der Waals surface area contributed by atoms with Crippen LogP contribution in [0.4, 0.5) is 0 Å². The van der Waals surface area contributed by atoms with E-state index in [1.165, 1.54) is 11.3 Å². The molecular formula is C15H27N3O2. The summed E-state index contributed by atoms with van der Waals surface area (Å²) in [7, 11) is 1.72. The van der Waals surface area contributed by atoms with E-state index in [1.807, 2.05) is 0 Å². The minimum Gasteiger partial charge on any atom is -0.383 e. The Balaban J connectivity index is 1.93. The molecule has 1 aromatic heterocycles. The second kappa shape index (κ2) is 7.20. The summed E-state index contributed by atoms with van der Waals surface area (Å²) >= 11 is 0. The summed E-state index contributed by atoms with van der Waals surface area (Å²) < 4.78 is 13.0. The number of aromatic nitrogens is 2. The van der Waals surface area contributed by atoms with Crippen LogP contribution in [-0.4, -0.2) is 42.2 Å². The molecule has 114 valence electrons. The minimum absolute atomic E-state index is 0.317. The van der Waals surface area contributed by atoms with Crippen LogP contribution in [0.25, 0.3) is 0 Å². The topological polar surface area (TPSA) is 48.3 Å². The van der Waals surface area contributed by atoms with Crippen molar-refractivity contribution < 1.29 is 9.47 Å². The highest BCUT2D eigenvalue weighted by molar-refractivity contribution is 5.24. The zero-order chi connectivity index (χ0) is 14.5. The van der Waals surface area contributed by atoms with Crippen LogP contribution in [0.1, 0.15) is 36.7 Å². The van der Waals surface area contributed by atoms with Gasteiger partial charge in [-0.2, -0.15) is 5.10 Å². The van der Waals surface area contributed by atoms with Gasteiger partial charge in [-0.25, -0.2) is 0 Å². The molecule has 0 bridgehead atoms. The third-order valence-corrected chi connectivity index (χ3v) is 4.01. The van der Waals surface area contributed by atoms with Crippen molar-refractivity contribution in [2.45, 2.75) is 58.9 Å². The SMILES string of the molecule is COCCNCc1c(C)nn(CC2CCC(C)O2)c1C. The van der Waals surface area contributed by atoms with Gasteiger partial charge in [0.05, 0.1) is 31.1 Å². The molecule has 0 spiro atoms. The van der Waals surface area contributed by atoms with Gasteiger partial charge >= 0.3 is 0 Å². The number of ether oxygens (including phenoxy) is 2. The summed E-state index contributed by atoms with van der Waals surface area (Å²) in [6, 6.07) is 0. The van der Waals surface area contributed by atoms with Crippen LogP contribution in [0.3, 0.4) is 0 Å². The zero-order valence-electron chi connectivity index (χ0n) is 13.1. The second-order valence-corrected chi connectivity index (χ2v) is 5.65. The first kappa shape index (κ1) is 15.5. The fourth-order valence-electron chi connectivity index (χ4n) is 2.77. The fraction of sp³-hybridized carbons (Fsp3) is 0.800. The Bertz CT molecular complexity index is 431. The van der Waals surface area contributed by atoms with Gasteiger partial charge in [0.1, 0.15) is 0 Å². The van der Waals surface area contributed by atoms with Crippen molar-refractivity contribution in [1.29, 1.82) is 0 Å². The number of rotatable bonds is 7. The van der Waals surface area contributed by atoms with Crippen molar-refractivity contribution in [1.82, 2.24) is 15.1 Å². The van der Waals surface area contributed by atoms with Gasteiger partial charge < -0.3 is 14.8 Å². The molecule has 0 radical (unpaired) electrons. The van der Waals surface area contributed by atoms with Crippen molar-refractivity contribution in [3.05, 3.63) is 17.0 Å². The Morgan fingerprint density at radius 1 is 1.40 bits per heavy atom. The van der Waals surface area contributed by atoms with E-state index in [2.05, 4.69) is 35.9 Å². The van der Waals surface area contributed by atoms with Crippen LogP contribution < -0.4 is 5.32 Å². The number of methoxy groups -OCH3 is 1. The predicted molar refractivity (Wildman–Crippen MR) is 78.9 cm³/mol. The van der Waals surface area contributed by atoms with Crippen molar-refractivity contribution in [3.63, 3.8) is 0 Å². The molecule has 2 heterocycles. The average Bonchev–Trinajstić information content (AvgIpc) is 2.93. The van der Waals surface area contributed by atoms with E-state index < -0.39 is 0 Å². The number of hydrogen-bond acceptors (Lipinski definition) is 4. The normalized spacial score (nSPS) is 22.6. The average molecular weight is 281 g/mol. The van der Waals surface area contributed by atoms with Crippen molar-refractivity contribution in [2.75, 3.05) is 20.3 Å². The molecule has 0 saturated carbocycles. The van der Waals surface area contributed by atoms with Gasteiger partial charge in [-0.05, 0) is 33.6 Å². The molecule has 1 fully saturated rings. The lowest BCUT2D eigenvalue weighted by atomic mass is 10.2. The molecule has 1 aliphatic heterocycles. The van der Waals surface area contributed by atoms with Crippen LogP contribution in [0.2, 0.25) is 0 Å². The van der Waals surface area contributed by atoms with Crippen LogP contribution >= 0.6 is 0 Å². The first-order valence-electron chi connectivity index (χ1n) is 7.49. The Hall–Kier alpha value is -0.910. The molecular weight excluding hydrogens is 254 g/mol. The summed E-state index contributed by atoms with van der Waals surface area (Å²) in [6.07, 6.45) is 3.01. The summed E-state index contributed by atoms with van der Waals surface area (Å²) in [5.41, 5.74) is 3.65. The highest BCUT2D eigenvalue weighted by Crippen LogP contribution is 2.22. The van der Waals surface area contributed by atoms with Crippen LogP contribution in [-0.2, 0) is 22.6 Å². The molecule has 1 saturated heterocycles. The third-order valence-electron chi connectivity index (χ3n) is 4.01. The Labute approximate surface area is 121 Å². The summed E-state index contributed by atoms with van der Waals surface area (Å²) in [5.74, 6) is 0. The summed E-state index contributed by atoms with van der Waals surface area (Å²) in [5, 5.41) is 8.05. The quantitative estimate of drug-likeness (QED) is 0.774. The maximum absolute atomic E-state index is 5.89. The Morgan fingerprint density at radius 3 is 2.85 bits per heavy atom. The highest BCUT2D eigenvalue weighted by Gasteiger charge is 2.23. The molecule has 1 aliphatic rings. The first-order chi connectivity index (χ1) is 9.61.